The van der Waals surface area contributed by atoms with Gasteiger partial charge in [0.1, 0.15) is 0 Å². The molecule has 0 radical (unpaired) electrons. The molecular formula is C22H35BrO. The summed E-state index contributed by atoms with van der Waals surface area (Å²) in [5.74, 6) is 4.44. The zero-order valence-corrected chi connectivity index (χ0v) is 17.3. The number of hydrogen-bond acceptors (Lipinski definition) is 1. The van der Waals surface area contributed by atoms with E-state index in [4.69, 9.17) is 0 Å². The number of alkyl halides is 1. The van der Waals surface area contributed by atoms with E-state index in [2.05, 4.69) is 42.8 Å². The van der Waals surface area contributed by atoms with Crippen LogP contribution in [0.5, 0.6) is 0 Å². The van der Waals surface area contributed by atoms with Crippen LogP contribution < -0.4 is 0 Å². The highest BCUT2D eigenvalue weighted by molar-refractivity contribution is 9.09. The average molecular weight is 395 g/mol. The number of fused-ring (bicyclic) bond motifs is 5. The highest BCUT2D eigenvalue weighted by Crippen LogP contribution is 2.67. The molecule has 8 atom stereocenters. The third-order valence-corrected chi connectivity index (χ3v) is 10.1. The van der Waals surface area contributed by atoms with E-state index in [1.165, 1.54) is 38.5 Å². The summed E-state index contributed by atoms with van der Waals surface area (Å²) in [7, 11) is 0. The highest BCUT2D eigenvalue weighted by Gasteiger charge is 2.58. The van der Waals surface area contributed by atoms with Gasteiger partial charge < -0.3 is 5.11 Å². The van der Waals surface area contributed by atoms with Crippen LogP contribution in [0.1, 0.15) is 72.1 Å². The minimum Gasteiger partial charge on any atom is -0.393 e. The summed E-state index contributed by atoms with van der Waals surface area (Å²) in [5.41, 5.74) is 2.57. The van der Waals surface area contributed by atoms with E-state index in [0.29, 0.717) is 10.8 Å². The third-order valence-electron chi connectivity index (χ3n) is 9.08. The molecule has 3 saturated carbocycles. The molecule has 1 N–H and O–H groups in total. The summed E-state index contributed by atoms with van der Waals surface area (Å²) in [6.07, 6.45) is 12.7. The number of rotatable bonds is 2. The molecule has 136 valence electrons. The first kappa shape index (κ1) is 17.6. The van der Waals surface area contributed by atoms with E-state index in [-0.39, 0.29) is 6.10 Å². The van der Waals surface area contributed by atoms with Crippen molar-refractivity contribution in [1.29, 1.82) is 0 Å². The van der Waals surface area contributed by atoms with Crippen molar-refractivity contribution < 1.29 is 5.11 Å². The molecule has 0 bridgehead atoms. The SMILES string of the molecule is CC(CBr)[C@H]1CC[C@H]2[C@@H]3CC=C4C[C@@H](O)CC[C@]4(C)[C@H]3CC[C@]12C. The Morgan fingerprint density at radius 1 is 1.17 bits per heavy atom. The minimum atomic E-state index is -0.0784. The molecule has 0 saturated heterocycles. The number of aliphatic hydroxyl groups excluding tert-OH is 1. The van der Waals surface area contributed by atoms with Gasteiger partial charge in [-0.15, -0.1) is 0 Å². The summed E-state index contributed by atoms with van der Waals surface area (Å²) in [6.45, 7) is 7.64. The summed E-state index contributed by atoms with van der Waals surface area (Å²) in [5, 5.41) is 11.3. The van der Waals surface area contributed by atoms with E-state index in [9.17, 15) is 5.11 Å². The lowest BCUT2D eigenvalue weighted by Crippen LogP contribution is -2.50. The largest absolute Gasteiger partial charge is 0.393 e. The van der Waals surface area contributed by atoms with Crippen LogP contribution in [0.3, 0.4) is 0 Å². The molecule has 4 rings (SSSR count). The summed E-state index contributed by atoms with van der Waals surface area (Å²) in [6, 6.07) is 0. The highest BCUT2D eigenvalue weighted by atomic mass is 79.9. The van der Waals surface area contributed by atoms with Gasteiger partial charge in [0.15, 0.2) is 0 Å². The first-order valence-electron chi connectivity index (χ1n) is 10.3. The Morgan fingerprint density at radius 2 is 1.96 bits per heavy atom. The molecule has 3 fully saturated rings. The molecule has 1 unspecified atom stereocenters. The molecule has 0 amide bonds. The van der Waals surface area contributed by atoms with Crippen molar-refractivity contribution in [2.24, 2.45) is 40.4 Å². The van der Waals surface area contributed by atoms with Crippen molar-refractivity contribution in [2.75, 3.05) is 5.33 Å². The quantitative estimate of drug-likeness (QED) is 0.452. The van der Waals surface area contributed by atoms with Gasteiger partial charge in [-0.05, 0) is 91.8 Å². The molecule has 4 aliphatic carbocycles. The van der Waals surface area contributed by atoms with Crippen LogP contribution in [-0.4, -0.2) is 16.5 Å². The van der Waals surface area contributed by atoms with Gasteiger partial charge >= 0.3 is 0 Å². The molecule has 2 heteroatoms. The van der Waals surface area contributed by atoms with Crippen molar-refractivity contribution >= 4 is 15.9 Å². The van der Waals surface area contributed by atoms with E-state index in [0.717, 1.165) is 47.8 Å². The summed E-state index contributed by atoms with van der Waals surface area (Å²) in [4.78, 5) is 0. The van der Waals surface area contributed by atoms with Gasteiger partial charge in [-0.2, -0.15) is 0 Å². The van der Waals surface area contributed by atoms with Crippen molar-refractivity contribution in [3.63, 3.8) is 0 Å². The monoisotopic (exact) mass is 394 g/mol. The standard InChI is InChI=1S/C22H35BrO/c1-14(13-23)18-6-7-19-17-5-4-15-12-16(24)8-10-21(15,2)20(17)9-11-22(18,19)3/h4,14,16-20,24H,5-13H2,1-3H3/t14?,16-,17-,18+,19-,20-,21-,22+/m0/s1. The fourth-order valence-electron chi connectivity index (χ4n) is 7.72. The van der Waals surface area contributed by atoms with Gasteiger partial charge in [-0.3, -0.25) is 0 Å². The molecule has 24 heavy (non-hydrogen) atoms. The molecule has 4 aliphatic rings. The summed E-state index contributed by atoms with van der Waals surface area (Å²) < 4.78 is 0. The van der Waals surface area contributed by atoms with Gasteiger partial charge in [0.2, 0.25) is 0 Å². The van der Waals surface area contributed by atoms with Crippen molar-refractivity contribution in [2.45, 2.75) is 78.2 Å². The Labute approximate surface area is 156 Å². The number of aliphatic hydroxyl groups is 1. The molecule has 0 aliphatic heterocycles. The van der Waals surface area contributed by atoms with Crippen LogP contribution in [0.15, 0.2) is 11.6 Å². The molecule has 1 nitrogen and oxygen atoms in total. The normalized spacial score (nSPS) is 52.0. The number of halogens is 1. The maximum Gasteiger partial charge on any atom is 0.0577 e. The Bertz CT molecular complexity index is 528. The lowest BCUT2D eigenvalue weighted by molar-refractivity contribution is -0.0552. The van der Waals surface area contributed by atoms with Gasteiger partial charge in [-0.1, -0.05) is 48.4 Å². The smallest absolute Gasteiger partial charge is 0.0577 e. The first-order valence-corrected chi connectivity index (χ1v) is 11.5. The third kappa shape index (κ3) is 2.42. The number of allylic oxidation sites excluding steroid dienone is 1. The lowest BCUT2D eigenvalue weighted by atomic mass is 9.47. The fourth-order valence-corrected chi connectivity index (χ4v) is 8.18. The van der Waals surface area contributed by atoms with E-state index in [1.807, 2.05) is 0 Å². The maximum absolute atomic E-state index is 10.1. The lowest BCUT2D eigenvalue weighted by Gasteiger charge is -2.58. The molecule has 0 heterocycles. The van der Waals surface area contributed by atoms with Crippen LogP contribution in [0.2, 0.25) is 0 Å². The average Bonchev–Trinajstić information content (AvgIpc) is 2.92. The van der Waals surface area contributed by atoms with Crippen LogP contribution in [0, 0.1) is 40.4 Å². The zero-order chi connectivity index (χ0) is 17.1. The van der Waals surface area contributed by atoms with Crippen molar-refractivity contribution in [3.05, 3.63) is 11.6 Å². The van der Waals surface area contributed by atoms with Crippen LogP contribution in [0.25, 0.3) is 0 Å². The predicted molar refractivity (Wildman–Crippen MR) is 104 cm³/mol. The topological polar surface area (TPSA) is 20.2 Å². The van der Waals surface area contributed by atoms with E-state index < -0.39 is 0 Å². The van der Waals surface area contributed by atoms with E-state index in [1.54, 1.807) is 5.57 Å². The van der Waals surface area contributed by atoms with Gasteiger partial charge in [0, 0.05) is 5.33 Å². The maximum atomic E-state index is 10.1. The van der Waals surface area contributed by atoms with Gasteiger partial charge in [0.05, 0.1) is 6.10 Å². The Hall–Kier alpha value is 0.180. The molecule has 0 aromatic rings. The zero-order valence-electron chi connectivity index (χ0n) is 15.7. The summed E-state index contributed by atoms with van der Waals surface area (Å²) >= 11 is 3.76. The van der Waals surface area contributed by atoms with Gasteiger partial charge in [-0.25, -0.2) is 0 Å². The molecular weight excluding hydrogens is 360 g/mol. The minimum absolute atomic E-state index is 0.0784. The first-order chi connectivity index (χ1) is 11.4. The van der Waals surface area contributed by atoms with E-state index >= 15 is 0 Å². The van der Waals surface area contributed by atoms with Crippen molar-refractivity contribution in [1.82, 2.24) is 0 Å². The van der Waals surface area contributed by atoms with Crippen LogP contribution in [0.4, 0.5) is 0 Å². The van der Waals surface area contributed by atoms with Crippen LogP contribution in [-0.2, 0) is 0 Å². The fraction of sp³-hybridized carbons (Fsp3) is 0.909. The molecule has 0 spiro atoms. The second-order valence-electron chi connectivity index (χ2n) is 10.0. The molecule has 0 aromatic carbocycles. The van der Waals surface area contributed by atoms with Crippen molar-refractivity contribution in [3.8, 4) is 0 Å². The Balaban J connectivity index is 1.63. The Kier molecular flexibility index (Phi) is 4.48. The predicted octanol–water partition coefficient (Wildman–Crippen LogP) is 5.96. The van der Waals surface area contributed by atoms with Crippen LogP contribution >= 0.6 is 15.9 Å². The molecule has 0 aromatic heterocycles. The second kappa shape index (κ2) is 6.12. The number of hydrogen-bond donors (Lipinski definition) is 1. The Morgan fingerprint density at radius 3 is 2.71 bits per heavy atom. The second-order valence-corrected chi connectivity index (χ2v) is 10.7. The van der Waals surface area contributed by atoms with Gasteiger partial charge in [0.25, 0.3) is 0 Å².